The Morgan fingerprint density at radius 2 is 2.11 bits per heavy atom. The number of thiophene rings is 1. The molecule has 4 rings (SSSR count). The second kappa shape index (κ2) is 8.19. The van der Waals surface area contributed by atoms with Crippen LogP contribution in [0, 0.1) is 5.92 Å². The fourth-order valence-electron chi connectivity index (χ4n) is 3.80. The number of nitrogens with zero attached hydrogens (tertiary/aromatic N) is 5. The van der Waals surface area contributed by atoms with Gasteiger partial charge in [-0.3, -0.25) is 4.90 Å². The highest BCUT2D eigenvalue weighted by Gasteiger charge is 2.31. The van der Waals surface area contributed by atoms with Crippen LogP contribution in [0.25, 0.3) is 0 Å². The zero-order valence-electron chi connectivity index (χ0n) is 15.8. The van der Waals surface area contributed by atoms with Gasteiger partial charge in [-0.15, -0.1) is 16.4 Å². The van der Waals surface area contributed by atoms with E-state index in [2.05, 4.69) is 57.0 Å². The Morgan fingerprint density at radius 3 is 2.81 bits per heavy atom. The van der Waals surface area contributed by atoms with Crippen LogP contribution in [0.5, 0.6) is 5.75 Å². The molecule has 0 radical (unpaired) electrons. The molecule has 27 heavy (non-hydrogen) atoms. The van der Waals surface area contributed by atoms with Gasteiger partial charge in [-0.25, -0.2) is 4.68 Å². The Labute approximate surface area is 163 Å². The summed E-state index contributed by atoms with van der Waals surface area (Å²) < 4.78 is 7.19. The molecule has 0 aliphatic carbocycles. The molecule has 1 aromatic carbocycles. The molecule has 2 aromatic heterocycles. The molecule has 1 aliphatic heterocycles. The lowest BCUT2D eigenvalue weighted by Crippen LogP contribution is -2.38. The van der Waals surface area contributed by atoms with Crippen molar-refractivity contribution in [2.45, 2.75) is 32.4 Å². The Balaban J connectivity index is 1.64. The van der Waals surface area contributed by atoms with Gasteiger partial charge in [0, 0.05) is 11.4 Å². The fourth-order valence-corrected chi connectivity index (χ4v) is 4.66. The van der Waals surface area contributed by atoms with E-state index in [-0.39, 0.29) is 6.04 Å². The average molecular weight is 384 g/mol. The van der Waals surface area contributed by atoms with Crippen LogP contribution in [0.1, 0.15) is 42.1 Å². The Morgan fingerprint density at radius 1 is 1.26 bits per heavy atom. The van der Waals surface area contributed by atoms with Crippen molar-refractivity contribution in [1.82, 2.24) is 25.1 Å². The number of hydrogen-bond acceptors (Lipinski definition) is 6. The van der Waals surface area contributed by atoms with Gasteiger partial charge in [0.25, 0.3) is 0 Å². The maximum Gasteiger partial charge on any atom is 0.174 e. The maximum absolute atomic E-state index is 5.25. The van der Waals surface area contributed by atoms with E-state index in [0.29, 0.717) is 12.5 Å². The lowest BCUT2D eigenvalue weighted by molar-refractivity contribution is 0.144. The van der Waals surface area contributed by atoms with Gasteiger partial charge < -0.3 is 4.74 Å². The number of tetrazole rings is 1. The van der Waals surface area contributed by atoms with Crippen molar-refractivity contribution in [3.8, 4) is 5.75 Å². The van der Waals surface area contributed by atoms with Gasteiger partial charge in [0.15, 0.2) is 5.82 Å². The highest BCUT2D eigenvalue weighted by atomic mass is 32.1. The summed E-state index contributed by atoms with van der Waals surface area (Å²) in [6.07, 6.45) is 2.52. The molecule has 0 amide bonds. The molecule has 7 heteroatoms. The third-order valence-electron chi connectivity index (χ3n) is 5.16. The first kappa shape index (κ1) is 18.1. The topological polar surface area (TPSA) is 56.1 Å². The second-order valence-corrected chi connectivity index (χ2v) is 8.18. The van der Waals surface area contributed by atoms with E-state index < -0.39 is 0 Å². The first-order valence-corrected chi connectivity index (χ1v) is 10.3. The predicted octanol–water partition coefficient (Wildman–Crippen LogP) is 3.61. The number of methoxy groups -OCH3 is 1. The first-order chi connectivity index (χ1) is 13.2. The van der Waals surface area contributed by atoms with Crippen LogP contribution in [-0.2, 0) is 6.54 Å². The standard InChI is InChI=1S/C20H25N5OS/c1-15-5-3-11-24(13-15)19(18-6-4-12-27-18)20-21-22-23-25(20)14-16-7-9-17(26-2)10-8-16/h4,6-10,12,15,19H,3,5,11,13-14H2,1-2H3/t15-,19-/m0/s1. The van der Waals surface area contributed by atoms with Crippen LogP contribution in [0.2, 0.25) is 0 Å². The van der Waals surface area contributed by atoms with Crippen molar-refractivity contribution in [3.63, 3.8) is 0 Å². The van der Waals surface area contributed by atoms with E-state index in [9.17, 15) is 0 Å². The van der Waals surface area contributed by atoms with Crippen LogP contribution in [0.15, 0.2) is 41.8 Å². The highest BCUT2D eigenvalue weighted by molar-refractivity contribution is 7.10. The maximum atomic E-state index is 5.25. The molecule has 2 atom stereocenters. The monoisotopic (exact) mass is 383 g/mol. The highest BCUT2D eigenvalue weighted by Crippen LogP contribution is 2.33. The van der Waals surface area contributed by atoms with Gasteiger partial charge in [-0.1, -0.05) is 25.1 Å². The number of rotatable bonds is 6. The summed E-state index contributed by atoms with van der Waals surface area (Å²) in [5, 5.41) is 14.9. The minimum atomic E-state index is 0.112. The summed E-state index contributed by atoms with van der Waals surface area (Å²) in [6.45, 7) is 5.15. The summed E-state index contributed by atoms with van der Waals surface area (Å²) in [5.74, 6) is 2.48. The van der Waals surface area contributed by atoms with Gasteiger partial charge >= 0.3 is 0 Å². The zero-order valence-corrected chi connectivity index (χ0v) is 16.6. The van der Waals surface area contributed by atoms with Crippen LogP contribution >= 0.6 is 11.3 Å². The van der Waals surface area contributed by atoms with E-state index in [4.69, 9.17) is 4.74 Å². The van der Waals surface area contributed by atoms with E-state index in [1.54, 1.807) is 18.4 Å². The molecule has 1 aliphatic rings. The molecule has 6 nitrogen and oxygen atoms in total. The molecular weight excluding hydrogens is 358 g/mol. The van der Waals surface area contributed by atoms with Crippen molar-refractivity contribution in [1.29, 1.82) is 0 Å². The van der Waals surface area contributed by atoms with E-state index in [1.807, 2.05) is 16.8 Å². The minimum Gasteiger partial charge on any atom is -0.497 e. The van der Waals surface area contributed by atoms with Crippen LogP contribution in [0.3, 0.4) is 0 Å². The summed E-state index contributed by atoms with van der Waals surface area (Å²) in [6, 6.07) is 12.5. The zero-order chi connectivity index (χ0) is 18.6. The van der Waals surface area contributed by atoms with Gasteiger partial charge in [-0.2, -0.15) is 0 Å². The number of ether oxygens (including phenoxy) is 1. The smallest absolute Gasteiger partial charge is 0.174 e. The summed E-state index contributed by atoms with van der Waals surface area (Å²) in [4.78, 5) is 3.84. The molecule has 142 valence electrons. The van der Waals surface area contributed by atoms with Crippen molar-refractivity contribution in [2.75, 3.05) is 20.2 Å². The van der Waals surface area contributed by atoms with Gasteiger partial charge in [0.2, 0.25) is 0 Å². The lowest BCUT2D eigenvalue weighted by Gasteiger charge is -2.36. The third-order valence-corrected chi connectivity index (χ3v) is 6.09. The fraction of sp³-hybridized carbons (Fsp3) is 0.450. The van der Waals surface area contributed by atoms with Crippen LogP contribution in [0.4, 0.5) is 0 Å². The lowest BCUT2D eigenvalue weighted by atomic mass is 9.98. The molecule has 0 bridgehead atoms. The quantitative estimate of drug-likeness (QED) is 0.651. The van der Waals surface area contributed by atoms with Gasteiger partial charge in [0.1, 0.15) is 11.8 Å². The third kappa shape index (κ3) is 4.04. The molecule has 1 saturated heterocycles. The minimum absolute atomic E-state index is 0.112. The molecule has 0 unspecified atom stereocenters. The van der Waals surface area contributed by atoms with Crippen molar-refractivity contribution >= 4 is 11.3 Å². The van der Waals surface area contributed by atoms with Gasteiger partial charge in [-0.05, 0) is 64.9 Å². The summed E-state index contributed by atoms with van der Waals surface area (Å²) in [7, 11) is 1.68. The van der Waals surface area contributed by atoms with Crippen molar-refractivity contribution in [3.05, 3.63) is 58.0 Å². The number of benzene rings is 1. The summed E-state index contributed by atoms with van der Waals surface area (Å²) >= 11 is 1.78. The molecule has 3 aromatic rings. The Kier molecular flexibility index (Phi) is 5.50. The Hall–Kier alpha value is -2.25. The van der Waals surface area contributed by atoms with Gasteiger partial charge in [0.05, 0.1) is 13.7 Å². The second-order valence-electron chi connectivity index (χ2n) is 7.20. The van der Waals surface area contributed by atoms with Crippen molar-refractivity contribution < 1.29 is 4.74 Å². The number of piperidine rings is 1. The van der Waals surface area contributed by atoms with Crippen molar-refractivity contribution in [2.24, 2.45) is 5.92 Å². The molecule has 3 heterocycles. The Bertz CT molecular complexity index is 846. The van der Waals surface area contributed by atoms with Crippen LogP contribution in [-0.4, -0.2) is 45.3 Å². The van der Waals surface area contributed by atoms with E-state index in [0.717, 1.165) is 30.2 Å². The number of aromatic nitrogens is 4. The largest absolute Gasteiger partial charge is 0.497 e. The SMILES string of the molecule is COc1ccc(Cn2nnnc2[C@H](c2cccs2)N2CCC[C@H](C)C2)cc1. The molecule has 1 fully saturated rings. The van der Waals surface area contributed by atoms with E-state index in [1.165, 1.54) is 17.7 Å². The average Bonchev–Trinajstić information content (AvgIpc) is 3.36. The number of hydrogen-bond donors (Lipinski definition) is 0. The van der Waals surface area contributed by atoms with E-state index >= 15 is 0 Å². The van der Waals surface area contributed by atoms with Crippen LogP contribution < -0.4 is 4.74 Å². The first-order valence-electron chi connectivity index (χ1n) is 9.41. The number of likely N-dealkylation sites (tertiary alicyclic amines) is 1. The molecule has 0 spiro atoms. The molecule has 0 saturated carbocycles. The normalized spacial score (nSPS) is 19.1. The molecule has 0 N–H and O–H groups in total. The predicted molar refractivity (Wildman–Crippen MR) is 106 cm³/mol. The summed E-state index contributed by atoms with van der Waals surface area (Å²) in [5.41, 5.74) is 1.15. The molecular formula is C20H25N5OS.